The molecule has 1 aliphatic rings. The molecule has 24 heavy (non-hydrogen) atoms. The number of para-hydroxylation sites is 1. The molecule has 3 heteroatoms. The summed E-state index contributed by atoms with van der Waals surface area (Å²) in [6.45, 7) is 0. The Morgan fingerprint density at radius 1 is 0.917 bits per heavy atom. The van der Waals surface area contributed by atoms with Crippen LogP contribution >= 0.6 is 11.8 Å². The van der Waals surface area contributed by atoms with Crippen molar-refractivity contribution in [2.24, 2.45) is 0 Å². The molecule has 0 bridgehead atoms. The number of hydrogen-bond acceptors (Lipinski definition) is 3. The smallest absolute Gasteiger partial charge is 0.149 e. The van der Waals surface area contributed by atoms with Gasteiger partial charge in [0, 0.05) is 16.0 Å². The van der Waals surface area contributed by atoms with Gasteiger partial charge in [-0.15, -0.1) is 11.8 Å². The molecule has 2 nitrogen and oxygen atoms in total. The number of rotatable bonds is 3. The standard InChI is InChI=1S/C21H18O2S/c1-22-15-9-12-18-19(13-15)17-5-3-4-6-20(17)23-21(18)14-7-10-16(24-2)11-8-14/h3-13,21H,1-2H3. The van der Waals surface area contributed by atoms with Crippen LogP contribution in [0.4, 0.5) is 0 Å². The van der Waals surface area contributed by atoms with Gasteiger partial charge in [-0.25, -0.2) is 0 Å². The molecule has 0 saturated heterocycles. The second kappa shape index (κ2) is 6.25. The molecule has 3 aromatic carbocycles. The van der Waals surface area contributed by atoms with Crippen LogP contribution in [-0.2, 0) is 0 Å². The second-order valence-electron chi connectivity index (χ2n) is 5.72. The Bertz CT molecular complexity index is 871. The molecule has 1 heterocycles. The molecule has 4 rings (SSSR count). The molecule has 1 atom stereocenters. The Labute approximate surface area is 146 Å². The lowest BCUT2D eigenvalue weighted by Crippen LogP contribution is -2.15. The predicted octanol–water partition coefficient (Wildman–Crippen LogP) is 5.57. The van der Waals surface area contributed by atoms with E-state index in [1.807, 2.05) is 24.3 Å². The molecule has 0 aromatic heterocycles. The summed E-state index contributed by atoms with van der Waals surface area (Å²) in [6.07, 6.45) is 1.99. The van der Waals surface area contributed by atoms with Gasteiger partial charge < -0.3 is 9.47 Å². The Hall–Kier alpha value is -2.39. The topological polar surface area (TPSA) is 18.5 Å². The van der Waals surface area contributed by atoms with Crippen molar-refractivity contribution in [1.82, 2.24) is 0 Å². The quantitative estimate of drug-likeness (QED) is 0.584. The van der Waals surface area contributed by atoms with Gasteiger partial charge in [-0.2, -0.15) is 0 Å². The number of thioether (sulfide) groups is 1. The maximum atomic E-state index is 6.34. The van der Waals surface area contributed by atoms with Crippen LogP contribution in [0.5, 0.6) is 11.5 Å². The van der Waals surface area contributed by atoms with Crippen LogP contribution in [0.1, 0.15) is 17.2 Å². The summed E-state index contributed by atoms with van der Waals surface area (Å²) in [6, 6.07) is 23.0. The first-order valence-corrected chi connectivity index (χ1v) is 9.10. The van der Waals surface area contributed by atoms with Gasteiger partial charge in [-0.1, -0.05) is 36.4 Å². The van der Waals surface area contributed by atoms with Crippen LogP contribution in [0.3, 0.4) is 0 Å². The predicted molar refractivity (Wildman–Crippen MR) is 99.1 cm³/mol. The first-order valence-electron chi connectivity index (χ1n) is 7.88. The lowest BCUT2D eigenvalue weighted by Gasteiger charge is -2.29. The third-order valence-corrected chi connectivity index (χ3v) is 5.13. The first kappa shape index (κ1) is 15.2. The van der Waals surface area contributed by atoms with E-state index in [0.717, 1.165) is 22.6 Å². The average molecular weight is 334 g/mol. The van der Waals surface area contributed by atoms with Crippen molar-refractivity contribution in [2.75, 3.05) is 13.4 Å². The van der Waals surface area contributed by atoms with Gasteiger partial charge in [0.2, 0.25) is 0 Å². The first-order chi connectivity index (χ1) is 11.8. The van der Waals surface area contributed by atoms with Gasteiger partial charge >= 0.3 is 0 Å². The number of benzene rings is 3. The highest BCUT2D eigenvalue weighted by Crippen LogP contribution is 2.45. The van der Waals surface area contributed by atoms with Gasteiger partial charge in [0.25, 0.3) is 0 Å². The third-order valence-electron chi connectivity index (χ3n) is 4.38. The van der Waals surface area contributed by atoms with Crippen molar-refractivity contribution in [3.63, 3.8) is 0 Å². The molecule has 1 unspecified atom stereocenters. The second-order valence-corrected chi connectivity index (χ2v) is 6.60. The number of hydrogen-bond donors (Lipinski definition) is 0. The molecule has 0 fully saturated rings. The monoisotopic (exact) mass is 334 g/mol. The minimum atomic E-state index is -0.100. The van der Waals surface area contributed by atoms with E-state index in [9.17, 15) is 0 Å². The van der Waals surface area contributed by atoms with Gasteiger partial charge in [-0.05, 0) is 47.7 Å². The van der Waals surface area contributed by atoms with Crippen LogP contribution in [0.2, 0.25) is 0 Å². The lowest BCUT2D eigenvalue weighted by molar-refractivity contribution is 0.243. The zero-order chi connectivity index (χ0) is 16.5. The normalized spacial score (nSPS) is 15.2. The fraction of sp³-hybridized carbons (Fsp3) is 0.143. The molecule has 1 aliphatic heterocycles. The van der Waals surface area contributed by atoms with Crippen LogP contribution in [-0.4, -0.2) is 13.4 Å². The fourth-order valence-electron chi connectivity index (χ4n) is 3.13. The van der Waals surface area contributed by atoms with Gasteiger partial charge in [-0.3, -0.25) is 0 Å². The van der Waals surface area contributed by atoms with Crippen molar-refractivity contribution < 1.29 is 9.47 Å². The summed E-state index contributed by atoms with van der Waals surface area (Å²) in [5.74, 6) is 1.78. The summed E-state index contributed by atoms with van der Waals surface area (Å²) in [7, 11) is 1.70. The van der Waals surface area contributed by atoms with E-state index in [4.69, 9.17) is 9.47 Å². The molecule has 0 N–H and O–H groups in total. The molecular formula is C21H18O2S. The van der Waals surface area contributed by atoms with Crippen LogP contribution in [0.25, 0.3) is 11.1 Å². The molecule has 0 amide bonds. The van der Waals surface area contributed by atoms with Gasteiger partial charge in [0.1, 0.15) is 17.6 Å². The molecule has 3 aromatic rings. The maximum absolute atomic E-state index is 6.34. The largest absolute Gasteiger partial charge is 0.497 e. The highest BCUT2D eigenvalue weighted by atomic mass is 32.2. The lowest BCUT2D eigenvalue weighted by atomic mass is 9.89. The van der Waals surface area contributed by atoms with E-state index < -0.39 is 0 Å². The number of fused-ring (bicyclic) bond motifs is 3. The van der Waals surface area contributed by atoms with E-state index >= 15 is 0 Å². The zero-order valence-electron chi connectivity index (χ0n) is 13.7. The van der Waals surface area contributed by atoms with Crippen molar-refractivity contribution in [2.45, 2.75) is 11.0 Å². The number of ether oxygens (including phenoxy) is 2. The Morgan fingerprint density at radius 2 is 1.71 bits per heavy atom. The van der Waals surface area contributed by atoms with Crippen molar-refractivity contribution in [1.29, 1.82) is 0 Å². The Morgan fingerprint density at radius 3 is 2.46 bits per heavy atom. The van der Waals surface area contributed by atoms with E-state index in [2.05, 4.69) is 48.7 Å². The average Bonchev–Trinajstić information content (AvgIpc) is 2.67. The van der Waals surface area contributed by atoms with E-state index in [-0.39, 0.29) is 6.10 Å². The summed E-state index contributed by atoms with van der Waals surface area (Å²) < 4.78 is 11.8. The highest BCUT2D eigenvalue weighted by molar-refractivity contribution is 7.98. The minimum Gasteiger partial charge on any atom is -0.497 e. The Balaban J connectivity index is 1.86. The van der Waals surface area contributed by atoms with E-state index in [1.165, 1.54) is 16.0 Å². The van der Waals surface area contributed by atoms with Gasteiger partial charge in [0.15, 0.2) is 0 Å². The van der Waals surface area contributed by atoms with Crippen molar-refractivity contribution in [3.8, 4) is 22.6 Å². The van der Waals surface area contributed by atoms with Crippen LogP contribution in [0.15, 0.2) is 71.6 Å². The molecule has 0 saturated carbocycles. The minimum absolute atomic E-state index is 0.100. The highest BCUT2D eigenvalue weighted by Gasteiger charge is 2.27. The van der Waals surface area contributed by atoms with Gasteiger partial charge in [0.05, 0.1) is 7.11 Å². The summed E-state index contributed by atoms with van der Waals surface area (Å²) in [5.41, 5.74) is 4.62. The SMILES string of the molecule is COc1ccc2c(c1)-c1ccccc1OC2c1ccc(SC)cc1. The van der Waals surface area contributed by atoms with Crippen molar-refractivity contribution in [3.05, 3.63) is 77.9 Å². The maximum Gasteiger partial charge on any atom is 0.149 e. The molecule has 0 aliphatic carbocycles. The molecule has 0 spiro atoms. The molecule has 120 valence electrons. The fourth-order valence-corrected chi connectivity index (χ4v) is 3.54. The molecule has 0 radical (unpaired) electrons. The van der Waals surface area contributed by atoms with Crippen LogP contribution < -0.4 is 9.47 Å². The molecular weight excluding hydrogens is 316 g/mol. The van der Waals surface area contributed by atoms with Crippen molar-refractivity contribution >= 4 is 11.8 Å². The number of methoxy groups -OCH3 is 1. The zero-order valence-corrected chi connectivity index (χ0v) is 14.5. The summed E-state index contributed by atoms with van der Waals surface area (Å²) >= 11 is 1.75. The van der Waals surface area contributed by atoms with E-state index in [1.54, 1.807) is 18.9 Å². The third kappa shape index (κ3) is 2.55. The van der Waals surface area contributed by atoms with E-state index in [0.29, 0.717) is 0 Å². The van der Waals surface area contributed by atoms with Crippen LogP contribution in [0, 0.1) is 0 Å². The Kier molecular flexibility index (Phi) is 3.95. The summed E-state index contributed by atoms with van der Waals surface area (Å²) in [5, 5.41) is 0. The summed E-state index contributed by atoms with van der Waals surface area (Å²) in [4.78, 5) is 1.25.